The Hall–Kier alpha value is -2.35. The van der Waals surface area contributed by atoms with E-state index in [4.69, 9.17) is 9.26 Å². The summed E-state index contributed by atoms with van der Waals surface area (Å²) in [6, 6.07) is 9.81. The van der Waals surface area contributed by atoms with Crippen LogP contribution in [0.2, 0.25) is 0 Å². The number of amides is 1. The molecule has 2 aromatic rings. The zero-order valence-corrected chi connectivity index (χ0v) is 14.4. The van der Waals surface area contributed by atoms with Crippen molar-refractivity contribution in [3.8, 4) is 0 Å². The molecule has 7 nitrogen and oxygen atoms in total. The Labute approximate surface area is 144 Å². The van der Waals surface area contributed by atoms with Crippen molar-refractivity contribution < 1.29 is 18.8 Å². The number of rotatable bonds is 8. The summed E-state index contributed by atoms with van der Waals surface area (Å²) in [5, 5.41) is 4.23. The lowest BCUT2D eigenvalue weighted by Crippen LogP contribution is -2.34. The van der Waals surface area contributed by atoms with Gasteiger partial charge >= 0.3 is 5.97 Å². The van der Waals surface area contributed by atoms with Crippen molar-refractivity contribution in [1.82, 2.24) is 15.0 Å². The van der Waals surface area contributed by atoms with Crippen LogP contribution in [-0.2, 0) is 20.7 Å². The van der Waals surface area contributed by atoms with Crippen LogP contribution in [0.25, 0.3) is 0 Å². The molecule has 0 atom stereocenters. The fourth-order valence-corrected chi connectivity index (χ4v) is 2.60. The number of hydrogen-bond donors (Lipinski definition) is 0. The molecule has 1 aromatic heterocycles. The van der Waals surface area contributed by atoms with E-state index in [1.54, 1.807) is 14.0 Å². The monoisotopic (exact) mass is 349 g/mol. The minimum atomic E-state index is -0.429. The normalized spacial score (nSPS) is 10.4. The third-order valence-corrected chi connectivity index (χ3v) is 3.88. The van der Waals surface area contributed by atoms with Crippen molar-refractivity contribution in [2.75, 3.05) is 26.0 Å². The molecule has 24 heavy (non-hydrogen) atoms. The van der Waals surface area contributed by atoms with Gasteiger partial charge in [0.25, 0.3) is 5.22 Å². The molecule has 0 aliphatic carbocycles. The number of carbonyl (C=O) groups is 2. The molecule has 0 saturated heterocycles. The van der Waals surface area contributed by atoms with E-state index >= 15 is 0 Å². The summed E-state index contributed by atoms with van der Waals surface area (Å²) < 4.78 is 9.93. The fraction of sp³-hybridized carbons (Fsp3) is 0.375. The van der Waals surface area contributed by atoms with Crippen LogP contribution in [0.4, 0.5) is 0 Å². The van der Waals surface area contributed by atoms with Gasteiger partial charge in [-0.15, -0.1) is 0 Å². The summed E-state index contributed by atoms with van der Waals surface area (Å²) in [7, 11) is 1.55. The predicted octanol–water partition coefficient (Wildman–Crippen LogP) is 1.77. The van der Waals surface area contributed by atoms with Gasteiger partial charge in [0.1, 0.15) is 6.54 Å². The Morgan fingerprint density at radius 2 is 2.04 bits per heavy atom. The molecule has 0 aliphatic heterocycles. The Balaban J connectivity index is 1.80. The van der Waals surface area contributed by atoms with Crippen LogP contribution < -0.4 is 0 Å². The van der Waals surface area contributed by atoms with Gasteiger partial charge in [-0.05, 0) is 12.5 Å². The number of hydrogen-bond acceptors (Lipinski definition) is 7. The molecular weight excluding hydrogens is 330 g/mol. The zero-order chi connectivity index (χ0) is 17.4. The van der Waals surface area contributed by atoms with Crippen molar-refractivity contribution in [1.29, 1.82) is 0 Å². The Morgan fingerprint density at radius 3 is 2.75 bits per heavy atom. The molecule has 0 aliphatic rings. The predicted molar refractivity (Wildman–Crippen MR) is 88.5 cm³/mol. The number of carbonyl (C=O) groups excluding carboxylic acids is 2. The lowest BCUT2D eigenvalue weighted by atomic mass is 10.1. The molecule has 0 N–H and O–H groups in total. The Kier molecular flexibility index (Phi) is 6.80. The standard InChI is InChI=1S/C16H19N3O4S/c1-3-22-15(21)10-19(2)14(20)11-24-16-17-13(18-23-16)9-12-7-5-4-6-8-12/h4-8H,3,9-11H2,1-2H3. The molecule has 0 spiro atoms. The molecule has 0 saturated carbocycles. The van der Waals surface area contributed by atoms with Gasteiger partial charge < -0.3 is 14.2 Å². The highest BCUT2D eigenvalue weighted by Crippen LogP contribution is 2.17. The van der Waals surface area contributed by atoms with Gasteiger partial charge in [-0.2, -0.15) is 4.98 Å². The van der Waals surface area contributed by atoms with Gasteiger partial charge in [-0.1, -0.05) is 47.3 Å². The molecular formula is C16H19N3O4S. The average Bonchev–Trinajstić information content (AvgIpc) is 3.01. The zero-order valence-electron chi connectivity index (χ0n) is 13.6. The highest BCUT2D eigenvalue weighted by Gasteiger charge is 2.16. The first-order valence-corrected chi connectivity index (χ1v) is 8.46. The minimum absolute atomic E-state index is 0.0731. The van der Waals surface area contributed by atoms with E-state index in [1.807, 2.05) is 30.3 Å². The van der Waals surface area contributed by atoms with Gasteiger partial charge in [0.05, 0.1) is 12.4 Å². The second-order valence-corrected chi connectivity index (χ2v) is 5.91. The number of aromatic nitrogens is 2. The van der Waals surface area contributed by atoms with Crippen LogP contribution in [0.5, 0.6) is 0 Å². The summed E-state index contributed by atoms with van der Waals surface area (Å²) in [6.45, 7) is 1.94. The smallest absolute Gasteiger partial charge is 0.325 e. The summed E-state index contributed by atoms with van der Waals surface area (Å²) in [4.78, 5) is 28.9. The van der Waals surface area contributed by atoms with Crippen molar-refractivity contribution in [3.63, 3.8) is 0 Å². The summed E-state index contributed by atoms with van der Waals surface area (Å²) in [5.41, 5.74) is 1.08. The number of ether oxygens (including phenoxy) is 1. The van der Waals surface area contributed by atoms with Crippen LogP contribution in [0.15, 0.2) is 40.1 Å². The van der Waals surface area contributed by atoms with Crippen molar-refractivity contribution in [2.24, 2.45) is 0 Å². The maximum Gasteiger partial charge on any atom is 0.325 e. The molecule has 1 amide bonds. The first-order chi connectivity index (χ1) is 11.6. The van der Waals surface area contributed by atoms with E-state index in [0.717, 1.165) is 17.3 Å². The maximum atomic E-state index is 12.0. The number of benzene rings is 1. The average molecular weight is 349 g/mol. The lowest BCUT2D eigenvalue weighted by Gasteiger charge is -2.14. The van der Waals surface area contributed by atoms with E-state index in [-0.39, 0.29) is 18.2 Å². The summed E-state index contributed by atoms with van der Waals surface area (Å²) in [5.74, 6) is 0.0382. The summed E-state index contributed by atoms with van der Waals surface area (Å²) >= 11 is 1.15. The van der Waals surface area contributed by atoms with Crippen molar-refractivity contribution in [3.05, 3.63) is 41.7 Å². The van der Waals surface area contributed by atoms with Crippen LogP contribution in [-0.4, -0.2) is 52.9 Å². The van der Waals surface area contributed by atoms with E-state index in [2.05, 4.69) is 10.1 Å². The largest absolute Gasteiger partial charge is 0.465 e. The van der Waals surface area contributed by atoms with Gasteiger partial charge in [0, 0.05) is 13.5 Å². The second kappa shape index (κ2) is 9.07. The van der Waals surface area contributed by atoms with Crippen LogP contribution in [0.1, 0.15) is 18.3 Å². The van der Waals surface area contributed by atoms with E-state index < -0.39 is 5.97 Å². The second-order valence-electron chi connectivity index (χ2n) is 4.98. The van der Waals surface area contributed by atoms with Crippen molar-refractivity contribution in [2.45, 2.75) is 18.6 Å². The van der Waals surface area contributed by atoms with Gasteiger partial charge in [0.2, 0.25) is 5.91 Å². The topological polar surface area (TPSA) is 85.5 Å². The molecule has 0 unspecified atom stereocenters. The van der Waals surface area contributed by atoms with Gasteiger partial charge in [-0.25, -0.2) is 0 Å². The highest BCUT2D eigenvalue weighted by atomic mass is 32.2. The highest BCUT2D eigenvalue weighted by molar-refractivity contribution is 7.99. The number of esters is 1. The Morgan fingerprint density at radius 1 is 1.29 bits per heavy atom. The number of likely N-dealkylation sites (N-methyl/N-ethyl adjacent to an activating group) is 1. The Bertz CT molecular complexity index is 675. The van der Waals surface area contributed by atoms with Crippen molar-refractivity contribution >= 4 is 23.6 Å². The van der Waals surface area contributed by atoms with Gasteiger partial charge in [-0.3, -0.25) is 9.59 Å². The van der Waals surface area contributed by atoms with Crippen LogP contribution >= 0.6 is 11.8 Å². The first kappa shape index (κ1) is 18.0. The molecule has 0 bridgehead atoms. The molecule has 0 radical (unpaired) electrons. The number of thioether (sulfide) groups is 1. The maximum absolute atomic E-state index is 12.0. The SMILES string of the molecule is CCOC(=O)CN(C)C(=O)CSc1nc(Cc2ccccc2)no1. The number of nitrogens with zero attached hydrogens (tertiary/aromatic N) is 3. The molecule has 2 rings (SSSR count). The fourth-order valence-electron chi connectivity index (χ4n) is 1.87. The van der Waals surface area contributed by atoms with Gasteiger partial charge in [0.15, 0.2) is 5.82 Å². The minimum Gasteiger partial charge on any atom is -0.465 e. The lowest BCUT2D eigenvalue weighted by molar-refractivity contribution is -0.147. The third kappa shape index (κ3) is 5.69. The third-order valence-electron chi connectivity index (χ3n) is 3.07. The van der Waals surface area contributed by atoms with E-state index in [9.17, 15) is 9.59 Å². The van der Waals surface area contributed by atoms with E-state index in [0.29, 0.717) is 24.1 Å². The van der Waals surface area contributed by atoms with E-state index in [1.165, 1.54) is 4.90 Å². The molecule has 1 aromatic carbocycles. The molecule has 8 heteroatoms. The first-order valence-electron chi connectivity index (χ1n) is 7.47. The molecule has 0 fully saturated rings. The molecule has 1 heterocycles. The van der Waals surface area contributed by atoms with Crippen LogP contribution in [0, 0.1) is 0 Å². The van der Waals surface area contributed by atoms with Crippen LogP contribution in [0.3, 0.4) is 0 Å². The quantitative estimate of drug-likeness (QED) is 0.530. The summed E-state index contributed by atoms with van der Waals surface area (Å²) in [6.07, 6.45) is 0.571. The molecule has 128 valence electrons.